The number of amides is 1. The van der Waals surface area contributed by atoms with Crippen molar-refractivity contribution in [3.8, 4) is 0 Å². The first-order chi connectivity index (χ1) is 20.9. The smallest absolute Gasteiger partial charge is 0.377 e. The number of nitrogens with zero attached hydrogens (tertiary/aromatic N) is 5. The molecule has 2 fully saturated rings. The summed E-state index contributed by atoms with van der Waals surface area (Å²) < 4.78 is 63.3. The molecule has 3 aliphatic rings. The second kappa shape index (κ2) is 11.3. The number of alkyl halides is 3. The van der Waals surface area contributed by atoms with Crippen LogP contribution in [0, 0.1) is 0 Å². The summed E-state index contributed by atoms with van der Waals surface area (Å²) in [5.74, 6) is -0.238. The van der Waals surface area contributed by atoms with Crippen LogP contribution in [0.1, 0.15) is 52.4 Å². The van der Waals surface area contributed by atoms with E-state index in [2.05, 4.69) is 25.6 Å². The lowest BCUT2D eigenvalue weighted by Gasteiger charge is -2.50. The van der Waals surface area contributed by atoms with E-state index < -0.39 is 24.2 Å². The zero-order chi connectivity index (χ0) is 31.4. The van der Waals surface area contributed by atoms with Gasteiger partial charge in [-0.25, -0.2) is 0 Å². The van der Waals surface area contributed by atoms with E-state index >= 15 is 0 Å². The molecule has 2 N–H and O–H groups in total. The third-order valence-electron chi connectivity index (χ3n) is 8.02. The molecule has 224 valence electrons. The van der Waals surface area contributed by atoms with Crippen LogP contribution in [0.4, 0.5) is 24.5 Å². The highest BCUT2D eigenvalue weighted by atomic mass is 35.5. The van der Waals surface area contributed by atoms with Gasteiger partial charge in [0.15, 0.2) is 5.82 Å². The van der Waals surface area contributed by atoms with E-state index in [-0.39, 0.29) is 65.9 Å². The van der Waals surface area contributed by atoms with E-state index in [1.54, 1.807) is 10.6 Å². The van der Waals surface area contributed by atoms with Crippen LogP contribution in [0.15, 0.2) is 29.1 Å². The van der Waals surface area contributed by atoms with E-state index in [4.69, 9.17) is 19.1 Å². The molecule has 10 nitrogen and oxygen atoms in total. The van der Waals surface area contributed by atoms with Crippen LogP contribution in [0.2, 0.25) is 5.02 Å². The SMILES string of the molecule is [2H]C1([2H])CCC(c2nc3n(CC(=O)Nc4ccc(C(F)(F)F)cc4Cl)c(CC)c(N4CCN[C@H]5CC[C@@H]54)c(=O)n3n2)=CCO1. The number of piperazine rings is 1. The molecule has 1 saturated carbocycles. The number of benzene rings is 1. The molecule has 3 aromatic rings. The summed E-state index contributed by atoms with van der Waals surface area (Å²) >= 11 is 6.10. The molecule has 1 saturated heterocycles. The van der Waals surface area contributed by atoms with Gasteiger partial charge in [-0.05, 0) is 55.9 Å². The summed E-state index contributed by atoms with van der Waals surface area (Å²) in [5, 5.41) is 10.4. The minimum absolute atomic E-state index is 0.00766. The highest BCUT2D eigenvalue weighted by Crippen LogP contribution is 2.35. The molecular weight excluding hydrogens is 575 g/mol. The van der Waals surface area contributed by atoms with Crippen molar-refractivity contribution in [2.24, 2.45) is 0 Å². The van der Waals surface area contributed by atoms with Gasteiger partial charge in [0.1, 0.15) is 12.2 Å². The largest absolute Gasteiger partial charge is 0.416 e. The van der Waals surface area contributed by atoms with Crippen molar-refractivity contribution in [3.05, 3.63) is 56.7 Å². The molecule has 2 aliphatic heterocycles. The molecule has 0 unspecified atom stereocenters. The highest BCUT2D eigenvalue weighted by Gasteiger charge is 2.41. The van der Waals surface area contributed by atoms with Crippen LogP contribution in [-0.2, 0) is 28.7 Å². The standard InChI is InChI=1S/C28H31ClF3N7O3/c1-2-21-24(37-11-10-33-20-7-8-22(20)37)26(41)39-27(35-25(36-39)16-4-3-12-42-13-9-16)38(21)15-23(40)34-19-6-5-17(14-18(19)29)28(30,31)32/h5-6,9,14,20,22,33H,2-4,7-8,10-13,15H2,1H3,(H,34,40)/t20-,22-/m0/s1/i12D2. The van der Waals surface area contributed by atoms with Gasteiger partial charge >= 0.3 is 6.18 Å². The van der Waals surface area contributed by atoms with E-state index in [1.807, 2.05) is 6.92 Å². The normalized spacial score (nSPS) is 22.9. The van der Waals surface area contributed by atoms with E-state index in [0.717, 1.165) is 31.0 Å². The Bertz CT molecular complexity index is 1710. The Morgan fingerprint density at radius 3 is 2.88 bits per heavy atom. The molecule has 1 aliphatic carbocycles. The van der Waals surface area contributed by atoms with Crippen molar-refractivity contribution in [1.29, 1.82) is 0 Å². The Balaban J connectivity index is 1.42. The average Bonchev–Trinajstić information content (AvgIpc) is 3.30. The van der Waals surface area contributed by atoms with Gasteiger partial charge in [0.25, 0.3) is 5.56 Å². The number of carbonyl (C=O) groups is 1. The van der Waals surface area contributed by atoms with Crippen LogP contribution in [0.3, 0.4) is 0 Å². The fourth-order valence-corrected chi connectivity index (χ4v) is 6.06. The van der Waals surface area contributed by atoms with Crippen molar-refractivity contribution >= 4 is 40.2 Å². The average molecular weight is 608 g/mol. The summed E-state index contributed by atoms with van der Waals surface area (Å²) in [4.78, 5) is 34.3. The van der Waals surface area contributed by atoms with Gasteiger partial charge < -0.3 is 24.8 Å². The lowest BCUT2D eigenvalue weighted by atomic mass is 9.83. The molecule has 6 rings (SSSR count). The summed E-state index contributed by atoms with van der Waals surface area (Å²) in [6.45, 7) is 1.02. The van der Waals surface area contributed by atoms with E-state index in [9.17, 15) is 22.8 Å². The van der Waals surface area contributed by atoms with Crippen molar-refractivity contribution in [3.63, 3.8) is 0 Å². The van der Waals surface area contributed by atoms with Crippen molar-refractivity contribution in [1.82, 2.24) is 24.5 Å². The topological polar surface area (TPSA) is 106 Å². The predicted octanol–water partition coefficient (Wildman–Crippen LogP) is 3.90. The third kappa shape index (κ3) is 5.29. The number of hydrogen-bond acceptors (Lipinski definition) is 7. The Morgan fingerprint density at radius 1 is 1.33 bits per heavy atom. The lowest BCUT2D eigenvalue weighted by molar-refractivity contribution is -0.137. The maximum absolute atomic E-state index is 14.1. The lowest BCUT2D eigenvalue weighted by Crippen LogP contribution is -2.64. The second-order valence-corrected chi connectivity index (χ2v) is 10.9. The van der Waals surface area contributed by atoms with Crippen molar-refractivity contribution in [2.45, 2.75) is 63.8 Å². The molecule has 1 amide bonds. The number of rotatable bonds is 6. The van der Waals surface area contributed by atoms with Gasteiger partial charge in [-0.2, -0.15) is 22.7 Å². The van der Waals surface area contributed by atoms with Crippen LogP contribution in [-0.4, -0.2) is 63.4 Å². The zero-order valence-electron chi connectivity index (χ0n) is 24.8. The summed E-state index contributed by atoms with van der Waals surface area (Å²) in [7, 11) is 0. The fourth-order valence-electron chi connectivity index (χ4n) is 5.83. The van der Waals surface area contributed by atoms with Gasteiger partial charge in [0, 0.05) is 31.7 Å². The first-order valence-electron chi connectivity index (χ1n) is 14.9. The Labute approximate surface area is 247 Å². The molecule has 4 heterocycles. The number of fused-ring (bicyclic) bond motifs is 2. The number of anilines is 2. The van der Waals surface area contributed by atoms with Gasteiger partial charge in [-0.1, -0.05) is 24.6 Å². The number of nitrogens with one attached hydrogen (secondary N) is 2. The van der Waals surface area contributed by atoms with Crippen LogP contribution < -0.4 is 21.1 Å². The quantitative estimate of drug-likeness (QED) is 0.438. The number of aromatic nitrogens is 4. The summed E-state index contributed by atoms with van der Waals surface area (Å²) in [6, 6.07) is 3.05. The molecule has 14 heteroatoms. The highest BCUT2D eigenvalue weighted by molar-refractivity contribution is 6.33. The second-order valence-electron chi connectivity index (χ2n) is 10.5. The van der Waals surface area contributed by atoms with Crippen molar-refractivity contribution in [2.75, 3.05) is 36.5 Å². The minimum Gasteiger partial charge on any atom is -0.377 e. The Kier molecular flexibility index (Phi) is 7.08. The first-order valence-corrected chi connectivity index (χ1v) is 14.3. The zero-order valence-corrected chi connectivity index (χ0v) is 23.6. The number of carbonyl (C=O) groups excluding carboxylic acids is 1. The molecule has 2 atom stereocenters. The van der Waals surface area contributed by atoms with Gasteiger partial charge in [-0.15, -0.1) is 5.10 Å². The van der Waals surface area contributed by atoms with Crippen LogP contribution >= 0.6 is 11.6 Å². The first kappa shape index (κ1) is 26.2. The fraction of sp³-hybridized carbons (Fsp3) is 0.500. The molecule has 42 heavy (non-hydrogen) atoms. The van der Waals surface area contributed by atoms with Crippen LogP contribution in [0.25, 0.3) is 11.4 Å². The molecule has 0 spiro atoms. The number of halogens is 4. The van der Waals surface area contributed by atoms with E-state index in [0.29, 0.717) is 36.5 Å². The molecule has 1 aromatic carbocycles. The molecule has 2 aromatic heterocycles. The molecule has 0 radical (unpaired) electrons. The van der Waals surface area contributed by atoms with Gasteiger partial charge in [0.05, 0.1) is 31.3 Å². The predicted molar refractivity (Wildman–Crippen MR) is 152 cm³/mol. The Hall–Kier alpha value is -3.42. The number of hydrogen-bond donors (Lipinski definition) is 2. The summed E-state index contributed by atoms with van der Waals surface area (Å²) in [6.07, 6.45) is -0.267. The number of allylic oxidation sites excluding steroid dienone is 1. The molecule has 0 bridgehead atoms. The summed E-state index contributed by atoms with van der Waals surface area (Å²) in [5.41, 5.74) is 0.335. The van der Waals surface area contributed by atoms with Crippen LogP contribution in [0.5, 0.6) is 0 Å². The van der Waals surface area contributed by atoms with E-state index in [1.165, 1.54) is 4.52 Å². The monoisotopic (exact) mass is 607 g/mol. The van der Waals surface area contributed by atoms with Gasteiger partial charge in [-0.3, -0.25) is 9.59 Å². The Morgan fingerprint density at radius 2 is 2.17 bits per heavy atom. The third-order valence-corrected chi connectivity index (χ3v) is 8.33. The maximum Gasteiger partial charge on any atom is 0.416 e. The number of ether oxygens (including phenoxy) is 1. The maximum atomic E-state index is 14.1. The van der Waals surface area contributed by atoms with Crippen molar-refractivity contribution < 1.29 is 25.4 Å². The van der Waals surface area contributed by atoms with Gasteiger partial charge in [0.2, 0.25) is 11.7 Å². The minimum atomic E-state index is -4.59. The molecular formula is C28H31ClF3N7O3.